The molecule has 1 N–H and O–H groups in total. The van der Waals surface area contributed by atoms with E-state index in [4.69, 9.17) is 9.15 Å². The fourth-order valence-corrected chi connectivity index (χ4v) is 3.35. The van der Waals surface area contributed by atoms with Gasteiger partial charge in [-0.1, -0.05) is 30.0 Å². The maximum atomic E-state index is 12.3. The molecule has 0 bridgehead atoms. The Balaban J connectivity index is 1.53. The monoisotopic (exact) mass is 411 g/mol. The van der Waals surface area contributed by atoms with Crippen LogP contribution in [0.1, 0.15) is 36.6 Å². The number of nitrogens with zero attached hydrogens (tertiary/aromatic N) is 2. The minimum Gasteiger partial charge on any atom is -0.494 e. The van der Waals surface area contributed by atoms with Gasteiger partial charge in [0, 0.05) is 5.56 Å². The van der Waals surface area contributed by atoms with Crippen molar-refractivity contribution in [1.29, 1.82) is 0 Å². The summed E-state index contributed by atoms with van der Waals surface area (Å²) in [5.74, 6) is 1.33. The molecule has 0 spiro atoms. The molecule has 2 aromatic carbocycles. The van der Waals surface area contributed by atoms with Crippen LogP contribution in [0.4, 0.5) is 0 Å². The van der Waals surface area contributed by atoms with Gasteiger partial charge in [0.25, 0.3) is 5.22 Å². The summed E-state index contributed by atoms with van der Waals surface area (Å²) in [5.41, 5.74) is 4.34. The van der Waals surface area contributed by atoms with Gasteiger partial charge < -0.3 is 14.5 Å². The Morgan fingerprint density at radius 1 is 1.14 bits per heavy atom. The highest BCUT2D eigenvalue weighted by atomic mass is 32.2. The molecule has 0 aliphatic heterocycles. The van der Waals surface area contributed by atoms with Gasteiger partial charge in [0.15, 0.2) is 0 Å². The molecule has 0 fully saturated rings. The Morgan fingerprint density at radius 2 is 1.90 bits per heavy atom. The summed E-state index contributed by atoms with van der Waals surface area (Å²) < 4.78 is 11.1. The van der Waals surface area contributed by atoms with Crippen LogP contribution in [-0.2, 0) is 4.79 Å². The lowest BCUT2D eigenvalue weighted by Crippen LogP contribution is -2.28. The van der Waals surface area contributed by atoms with E-state index in [0.717, 1.165) is 16.9 Å². The van der Waals surface area contributed by atoms with Gasteiger partial charge in [-0.15, -0.1) is 10.2 Å². The van der Waals surface area contributed by atoms with Crippen LogP contribution >= 0.6 is 11.8 Å². The number of amides is 1. The predicted molar refractivity (Wildman–Crippen MR) is 114 cm³/mol. The fourth-order valence-electron chi connectivity index (χ4n) is 2.77. The first-order valence-corrected chi connectivity index (χ1v) is 10.5. The van der Waals surface area contributed by atoms with Crippen LogP contribution in [0.5, 0.6) is 5.75 Å². The lowest BCUT2D eigenvalue weighted by molar-refractivity contribution is -0.119. The van der Waals surface area contributed by atoms with E-state index in [1.807, 2.05) is 44.2 Å². The molecule has 0 unspecified atom stereocenters. The molecule has 152 valence electrons. The van der Waals surface area contributed by atoms with Crippen molar-refractivity contribution < 1.29 is 13.9 Å². The highest BCUT2D eigenvalue weighted by Crippen LogP contribution is 2.25. The summed E-state index contributed by atoms with van der Waals surface area (Å²) in [4.78, 5) is 12.3. The zero-order chi connectivity index (χ0) is 20.8. The Kier molecular flexibility index (Phi) is 6.93. The molecule has 6 nitrogen and oxygen atoms in total. The van der Waals surface area contributed by atoms with Gasteiger partial charge in [-0.25, -0.2) is 0 Å². The van der Waals surface area contributed by atoms with Gasteiger partial charge in [-0.2, -0.15) is 0 Å². The van der Waals surface area contributed by atoms with E-state index in [0.29, 0.717) is 17.7 Å². The van der Waals surface area contributed by atoms with E-state index in [1.54, 1.807) is 0 Å². The number of ether oxygens (including phenoxy) is 1. The molecule has 1 atom stereocenters. The Bertz CT molecular complexity index is 970. The molecule has 0 aliphatic carbocycles. The van der Waals surface area contributed by atoms with Gasteiger partial charge in [0.2, 0.25) is 11.8 Å². The number of carbonyl (C=O) groups is 1. The second-order valence-electron chi connectivity index (χ2n) is 6.75. The third kappa shape index (κ3) is 5.60. The molecule has 1 amide bonds. The fraction of sp³-hybridized carbons (Fsp3) is 0.318. The topological polar surface area (TPSA) is 77.2 Å². The molecule has 1 aromatic heterocycles. The van der Waals surface area contributed by atoms with Crippen LogP contribution in [-0.4, -0.2) is 28.5 Å². The number of hydrogen-bond donors (Lipinski definition) is 1. The van der Waals surface area contributed by atoms with Crippen LogP contribution in [0.3, 0.4) is 0 Å². The molecule has 0 saturated carbocycles. The van der Waals surface area contributed by atoms with Crippen LogP contribution in [0.2, 0.25) is 0 Å². The van der Waals surface area contributed by atoms with Gasteiger partial charge in [0.05, 0.1) is 18.4 Å². The first-order valence-electron chi connectivity index (χ1n) is 9.52. The predicted octanol–water partition coefficient (Wildman–Crippen LogP) is 4.72. The lowest BCUT2D eigenvalue weighted by atomic mass is 10.0. The molecule has 0 saturated heterocycles. The Hall–Kier alpha value is -2.80. The van der Waals surface area contributed by atoms with Crippen molar-refractivity contribution in [2.45, 2.75) is 39.0 Å². The average Bonchev–Trinajstić information content (AvgIpc) is 3.18. The van der Waals surface area contributed by atoms with Gasteiger partial charge >= 0.3 is 0 Å². The summed E-state index contributed by atoms with van der Waals surface area (Å²) in [6.07, 6.45) is 0. The van der Waals surface area contributed by atoms with Crippen molar-refractivity contribution in [2.24, 2.45) is 0 Å². The third-order valence-corrected chi connectivity index (χ3v) is 5.37. The number of carbonyl (C=O) groups excluding carboxylic acids is 1. The molecule has 7 heteroatoms. The van der Waals surface area contributed by atoms with E-state index in [9.17, 15) is 4.79 Å². The smallest absolute Gasteiger partial charge is 0.277 e. The van der Waals surface area contributed by atoms with E-state index in [1.165, 1.54) is 22.9 Å². The molecule has 29 heavy (non-hydrogen) atoms. The molecule has 3 rings (SSSR count). The molecule has 0 radical (unpaired) electrons. The van der Waals surface area contributed by atoms with Crippen LogP contribution in [0, 0.1) is 13.8 Å². The van der Waals surface area contributed by atoms with Crippen molar-refractivity contribution in [1.82, 2.24) is 15.5 Å². The van der Waals surface area contributed by atoms with E-state index >= 15 is 0 Å². The van der Waals surface area contributed by atoms with Crippen molar-refractivity contribution >= 4 is 17.7 Å². The third-order valence-electron chi connectivity index (χ3n) is 4.55. The van der Waals surface area contributed by atoms with E-state index in [-0.39, 0.29) is 17.7 Å². The van der Waals surface area contributed by atoms with Crippen molar-refractivity contribution in [3.05, 3.63) is 59.2 Å². The molecule has 0 aliphatic rings. The average molecular weight is 412 g/mol. The number of thioether (sulfide) groups is 1. The van der Waals surface area contributed by atoms with Gasteiger partial charge in [-0.05, 0) is 68.7 Å². The first-order chi connectivity index (χ1) is 14.0. The largest absolute Gasteiger partial charge is 0.494 e. The SMILES string of the molecule is CCOc1ccc(-c2nnc(SCC(=O)N[C@@H](C)c3ccc(C)c(C)c3)o2)cc1. The van der Waals surface area contributed by atoms with Crippen LogP contribution in [0.25, 0.3) is 11.5 Å². The Morgan fingerprint density at radius 3 is 2.59 bits per heavy atom. The van der Waals surface area contributed by atoms with Gasteiger partial charge in [-0.3, -0.25) is 4.79 Å². The Labute approximate surface area is 175 Å². The number of benzene rings is 2. The van der Waals surface area contributed by atoms with E-state index < -0.39 is 0 Å². The number of nitrogens with one attached hydrogen (secondary N) is 1. The van der Waals surface area contributed by atoms with Crippen molar-refractivity contribution in [3.63, 3.8) is 0 Å². The zero-order valence-corrected chi connectivity index (χ0v) is 17.9. The lowest BCUT2D eigenvalue weighted by Gasteiger charge is -2.15. The second kappa shape index (κ2) is 9.60. The highest BCUT2D eigenvalue weighted by molar-refractivity contribution is 7.99. The molecule has 1 heterocycles. The minimum absolute atomic E-state index is 0.0653. The zero-order valence-electron chi connectivity index (χ0n) is 17.1. The summed E-state index contributed by atoms with van der Waals surface area (Å²) in [6, 6.07) is 13.6. The minimum atomic E-state index is -0.0819. The summed E-state index contributed by atoms with van der Waals surface area (Å²) >= 11 is 1.22. The number of hydrogen-bond acceptors (Lipinski definition) is 6. The number of aryl methyl sites for hydroxylation is 2. The number of aromatic nitrogens is 2. The quantitative estimate of drug-likeness (QED) is 0.541. The second-order valence-corrected chi connectivity index (χ2v) is 7.68. The van der Waals surface area contributed by atoms with Gasteiger partial charge in [0.1, 0.15) is 5.75 Å². The van der Waals surface area contributed by atoms with Crippen molar-refractivity contribution in [2.75, 3.05) is 12.4 Å². The molecular formula is C22H25N3O3S. The summed E-state index contributed by atoms with van der Waals surface area (Å²) in [5, 5.41) is 11.4. The first kappa shape index (κ1) is 20.9. The maximum Gasteiger partial charge on any atom is 0.277 e. The summed E-state index contributed by atoms with van der Waals surface area (Å²) in [6.45, 7) is 8.67. The van der Waals surface area contributed by atoms with Crippen LogP contribution < -0.4 is 10.1 Å². The molecule has 3 aromatic rings. The summed E-state index contributed by atoms with van der Waals surface area (Å²) in [7, 11) is 0. The van der Waals surface area contributed by atoms with Crippen LogP contribution in [0.15, 0.2) is 52.1 Å². The van der Waals surface area contributed by atoms with Crippen molar-refractivity contribution in [3.8, 4) is 17.2 Å². The molecular weight excluding hydrogens is 386 g/mol. The highest BCUT2D eigenvalue weighted by Gasteiger charge is 2.14. The number of rotatable bonds is 8. The van der Waals surface area contributed by atoms with E-state index in [2.05, 4.69) is 41.5 Å². The standard InChI is InChI=1S/C22H25N3O3S/c1-5-27-19-10-8-17(9-11-19)21-24-25-22(28-21)29-13-20(26)23-16(4)18-7-6-14(2)15(3)12-18/h6-12,16H,5,13H2,1-4H3,(H,23,26)/t16-/m0/s1. The maximum absolute atomic E-state index is 12.3. The normalized spacial score (nSPS) is 11.9.